The minimum atomic E-state index is -3.71. The predicted molar refractivity (Wildman–Crippen MR) is 132 cm³/mol. The monoisotopic (exact) mass is 490 g/mol. The average Bonchev–Trinajstić information content (AvgIpc) is 3.16. The number of nitrogens with one attached hydrogen (secondary N) is 2. The van der Waals surface area contributed by atoms with Crippen LogP contribution < -0.4 is 10.2 Å². The van der Waals surface area contributed by atoms with Crippen LogP contribution in [0.4, 0.5) is 11.4 Å². The summed E-state index contributed by atoms with van der Waals surface area (Å²) >= 11 is 0. The van der Waals surface area contributed by atoms with Gasteiger partial charge in [-0.2, -0.15) is 4.31 Å². The van der Waals surface area contributed by atoms with Crippen LogP contribution in [-0.4, -0.2) is 68.8 Å². The van der Waals surface area contributed by atoms with Gasteiger partial charge in [0.2, 0.25) is 10.0 Å². The number of benzene rings is 1. The van der Waals surface area contributed by atoms with Gasteiger partial charge in [0, 0.05) is 37.4 Å². The van der Waals surface area contributed by atoms with Gasteiger partial charge in [-0.1, -0.05) is 20.8 Å². The zero-order valence-corrected chi connectivity index (χ0v) is 21.3. The SMILES string of the molecule is CCc1[nH]c(C(=O)Nc2cc(S(=O)(=O)N(CC)CC)ccc2N2CCOCC2)c(C)c1C(C)=O. The summed E-state index contributed by atoms with van der Waals surface area (Å²) in [5, 5.41) is 2.91. The molecule has 34 heavy (non-hydrogen) atoms. The van der Waals surface area contributed by atoms with E-state index < -0.39 is 15.9 Å². The predicted octanol–water partition coefficient (Wildman–Crippen LogP) is 3.21. The fourth-order valence-electron chi connectivity index (χ4n) is 4.38. The van der Waals surface area contributed by atoms with Gasteiger partial charge in [0.1, 0.15) is 5.69 Å². The van der Waals surface area contributed by atoms with E-state index in [1.54, 1.807) is 32.9 Å². The number of Topliss-reactive ketones (excluding diaryl/α,β-unsaturated/α-hetero) is 1. The molecule has 0 bridgehead atoms. The van der Waals surface area contributed by atoms with Crippen molar-refractivity contribution < 1.29 is 22.7 Å². The molecule has 1 aliphatic heterocycles. The number of ketones is 1. The van der Waals surface area contributed by atoms with E-state index in [0.29, 0.717) is 74.0 Å². The Hall–Kier alpha value is -2.69. The average molecular weight is 491 g/mol. The van der Waals surface area contributed by atoms with Crippen molar-refractivity contribution >= 4 is 33.1 Å². The van der Waals surface area contributed by atoms with Crippen molar-refractivity contribution in [1.29, 1.82) is 0 Å². The lowest BCUT2D eigenvalue weighted by atomic mass is 10.0. The molecule has 1 aromatic heterocycles. The van der Waals surface area contributed by atoms with Gasteiger partial charge in [0.05, 0.1) is 29.5 Å². The second-order valence-electron chi connectivity index (χ2n) is 8.21. The Balaban J connectivity index is 2.06. The number of ether oxygens (including phenoxy) is 1. The van der Waals surface area contributed by atoms with Crippen LogP contribution in [0.3, 0.4) is 0 Å². The number of H-pyrrole nitrogens is 1. The standard InChI is InChI=1S/C24H34N4O5S/c1-6-19-22(17(5)29)16(4)23(25-19)24(30)26-20-15-18(34(31,32)28(7-2)8-3)9-10-21(20)27-11-13-33-14-12-27/h9-10,15,25H,6-8,11-14H2,1-5H3,(H,26,30). The molecule has 0 saturated carbocycles. The second-order valence-corrected chi connectivity index (χ2v) is 10.1. The fourth-order valence-corrected chi connectivity index (χ4v) is 5.87. The Morgan fingerprint density at radius 1 is 1.15 bits per heavy atom. The Morgan fingerprint density at radius 3 is 2.32 bits per heavy atom. The molecule has 2 heterocycles. The zero-order chi connectivity index (χ0) is 25.0. The summed E-state index contributed by atoms with van der Waals surface area (Å²) in [4.78, 5) is 30.7. The van der Waals surface area contributed by atoms with Crippen LogP contribution in [0.5, 0.6) is 0 Å². The largest absolute Gasteiger partial charge is 0.378 e. The maximum atomic E-state index is 13.3. The van der Waals surface area contributed by atoms with Gasteiger partial charge < -0.3 is 19.9 Å². The van der Waals surface area contributed by atoms with Crippen molar-refractivity contribution in [1.82, 2.24) is 9.29 Å². The Labute approximate surface area is 201 Å². The van der Waals surface area contributed by atoms with E-state index in [1.807, 2.05) is 6.92 Å². The highest BCUT2D eigenvalue weighted by Gasteiger charge is 2.26. The molecule has 1 aromatic carbocycles. The van der Waals surface area contributed by atoms with Crippen LogP contribution in [-0.2, 0) is 21.2 Å². The number of nitrogens with zero attached hydrogens (tertiary/aromatic N) is 2. The molecule has 0 radical (unpaired) electrons. The molecule has 0 aliphatic carbocycles. The van der Waals surface area contributed by atoms with Gasteiger partial charge in [0.15, 0.2) is 5.78 Å². The van der Waals surface area contributed by atoms with Crippen molar-refractivity contribution in [3.05, 3.63) is 40.7 Å². The number of rotatable bonds is 9. The minimum Gasteiger partial charge on any atom is -0.378 e. The van der Waals surface area contributed by atoms with E-state index in [0.717, 1.165) is 5.69 Å². The van der Waals surface area contributed by atoms with E-state index in [2.05, 4.69) is 15.2 Å². The second kappa shape index (κ2) is 10.7. The third kappa shape index (κ3) is 5.03. The van der Waals surface area contributed by atoms with Gasteiger partial charge in [-0.15, -0.1) is 0 Å². The molecule has 10 heteroatoms. The summed E-state index contributed by atoms with van der Waals surface area (Å²) in [7, 11) is -3.71. The molecule has 0 spiro atoms. The first-order chi connectivity index (χ1) is 16.1. The fraction of sp³-hybridized carbons (Fsp3) is 0.500. The first kappa shape index (κ1) is 25.9. The lowest BCUT2D eigenvalue weighted by Gasteiger charge is -2.31. The van der Waals surface area contributed by atoms with Crippen LogP contribution in [0.2, 0.25) is 0 Å². The number of amides is 1. The normalized spacial score (nSPS) is 14.5. The van der Waals surface area contributed by atoms with Gasteiger partial charge in [-0.05, 0) is 44.0 Å². The summed E-state index contributed by atoms with van der Waals surface area (Å²) in [6.07, 6.45) is 0.583. The van der Waals surface area contributed by atoms with Crippen molar-refractivity contribution in [2.45, 2.75) is 45.9 Å². The quantitative estimate of drug-likeness (QED) is 0.522. The minimum absolute atomic E-state index is 0.106. The van der Waals surface area contributed by atoms with Crippen LogP contribution in [0.1, 0.15) is 59.8 Å². The summed E-state index contributed by atoms with van der Waals surface area (Å²) in [5.41, 5.74) is 3.24. The summed E-state index contributed by atoms with van der Waals surface area (Å²) in [5.74, 6) is -0.530. The first-order valence-corrected chi connectivity index (χ1v) is 13.1. The van der Waals surface area contributed by atoms with Crippen molar-refractivity contribution in [2.24, 2.45) is 0 Å². The highest BCUT2D eigenvalue weighted by Crippen LogP contribution is 2.32. The molecule has 1 aliphatic rings. The highest BCUT2D eigenvalue weighted by atomic mass is 32.2. The molecule has 0 unspecified atom stereocenters. The van der Waals surface area contributed by atoms with E-state index in [4.69, 9.17) is 4.74 Å². The molecule has 9 nitrogen and oxygen atoms in total. The van der Waals surface area contributed by atoms with Crippen molar-refractivity contribution in [3.8, 4) is 0 Å². The van der Waals surface area contributed by atoms with Crippen molar-refractivity contribution in [2.75, 3.05) is 49.6 Å². The molecule has 186 valence electrons. The number of morpholine rings is 1. The molecule has 2 aromatic rings. The molecule has 0 atom stereocenters. The smallest absolute Gasteiger partial charge is 0.272 e. The summed E-state index contributed by atoms with van der Waals surface area (Å²) in [6.45, 7) is 11.8. The van der Waals surface area contributed by atoms with E-state index in [9.17, 15) is 18.0 Å². The van der Waals surface area contributed by atoms with E-state index >= 15 is 0 Å². The third-order valence-electron chi connectivity index (χ3n) is 6.17. The summed E-state index contributed by atoms with van der Waals surface area (Å²) < 4.78 is 33.1. The molecule has 3 rings (SSSR count). The molecule has 1 fully saturated rings. The zero-order valence-electron chi connectivity index (χ0n) is 20.5. The van der Waals surface area contributed by atoms with Crippen molar-refractivity contribution in [3.63, 3.8) is 0 Å². The molecular formula is C24H34N4O5S. The van der Waals surface area contributed by atoms with Gasteiger partial charge in [-0.3, -0.25) is 9.59 Å². The maximum absolute atomic E-state index is 13.3. The lowest BCUT2D eigenvalue weighted by molar-refractivity contribution is 0.101. The number of sulfonamides is 1. The van der Waals surface area contributed by atoms with Crippen LogP contribution in [0.15, 0.2) is 23.1 Å². The third-order valence-corrected chi connectivity index (χ3v) is 8.22. The number of hydrogen-bond donors (Lipinski definition) is 2. The summed E-state index contributed by atoms with van der Waals surface area (Å²) in [6, 6.07) is 4.83. The van der Waals surface area contributed by atoms with Crippen LogP contribution in [0.25, 0.3) is 0 Å². The van der Waals surface area contributed by atoms with Gasteiger partial charge in [0.25, 0.3) is 5.91 Å². The molecule has 1 amide bonds. The van der Waals surface area contributed by atoms with E-state index in [1.165, 1.54) is 17.3 Å². The van der Waals surface area contributed by atoms with E-state index in [-0.39, 0.29) is 10.7 Å². The topological polar surface area (TPSA) is 112 Å². The number of carbonyl (C=O) groups is 2. The Bertz CT molecular complexity index is 1160. The molecular weight excluding hydrogens is 456 g/mol. The number of carbonyl (C=O) groups excluding carboxylic acids is 2. The Kier molecular flexibility index (Phi) is 8.17. The maximum Gasteiger partial charge on any atom is 0.272 e. The van der Waals surface area contributed by atoms with Crippen LogP contribution >= 0.6 is 0 Å². The first-order valence-electron chi connectivity index (χ1n) is 11.7. The van der Waals surface area contributed by atoms with Gasteiger partial charge >= 0.3 is 0 Å². The Morgan fingerprint density at radius 2 is 1.79 bits per heavy atom. The number of hydrogen-bond acceptors (Lipinski definition) is 6. The molecule has 1 saturated heterocycles. The number of anilines is 2. The lowest BCUT2D eigenvalue weighted by Crippen LogP contribution is -2.37. The number of aryl methyl sites for hydroxylation is 1. The van der Waals surface area contributed by atoms with Gasteiger partial charge in [-0.25, -0.2) is 8.42 Å². The highest BCUT2D eigenvalue weighted by molar-refractivity contribution is 7.89. The molecule has 2 N–H and O–H groups in total. The van der Waals surface area contributed by atoms with Crippen LogP contribution in [0, 0.1) is 6.92 Å². The number of aromatic nitrogens is 1. The number of aromatic amines is 1.